The van der Waals surface area contributed by atoms with Crippen LogP contribution in [0.15, 0.2) is 65.8 Å². The van der Waals surface area contributed by atoms with Gasteiger partial charge < -0.3 is 5.32 Å². The molecule has 0 aliphatic heterocycles. The first kappa shape index (κ1) is 20.1. The van der Waals surface area contributed by atoms with Gasteiger partial charge in [0.05, 0.1) is 21.3 Å². The van der Waals surface area contributed by atoms with Crippen LogP contribution in [0.3, 0.4) is 0 Å². The summed E-state index contributed by atoms with van der Waals surface area (Å²) in [6.45, 7) is 0. The van der Waals surface area contributed by atoms with Crippen LogP contribution in [0.1, 0.15) is 10.4 Å². The summed E-state index contributed by atoms with van der Waals surface area (Å²) in [5.41, 5.74) is 0.0768. The van der Waals surface area contributed by atoms with Crippen LogP contribution in [0.4, 0.5) is 15.8 Å². The topological polar surface area (TPSA) is 88.2 Å². The lowest BCUT2D eigenvalue weighted by Gasteiger charge is -2.13. The predicted octanol–water partition coefficient (Wildman–Crippen LogP) is 4.58. The fourth-order valence-electron chi connectivity index (χ4n) is 2.29. The number of aromatic nitrogens is 1. The minimum Gasteiger partial charge on any atom is -0.322 e. The fraction of sp³-hybridized carbons (Fsp3) is 0. The number of hydrogen-bond acceptors (Lipinski definition) is 4. The van der Waals surface area contributed by atoms with Crippen LogP contribution >= 0.6 is 23.2 Å². The predicted molar refractivity (Wildman–Crippen MR) is 106 cm³/mol. The molecule has 0 saturated heterocycles. The number of halogens is 3. The lowest BCUT2D eigenvalue weighted by atomic mass is 10.2. The zero-order valence-electron chi connectivity index (χ0n) is 14.0. The first-order valence-electron chi connectivity index (χ1n) is 7.76. The van der Waals surface area contributed by atoms with Crippen LogP contribution in [0, 0.1) is 5.82 Å². The highest BCUT2D eigenvalue weighted by Gasteiger charge is 2.23. The molecule has 0 saturated carbocycles. The summed E-state index contributed by atoms with van der Waals surface area (Å²) in [5, 5.41) is 2.32. The molecule has 1 heterocycles. The van der Waals surface area contributed by atoms with Gasteiger partial charge in [-0.2, -0.15) is 0 Å². The van der Waals surface area contributed by atoms with Gasteiger partial charge in [-0.05, 0) is 36.4 Å². The van der Waals surface area contributed by atoms with E-state index in [0.29, 0.717) is 5.69 Å². The van der Waals surface area contributed by atoms with Gasteiger partial charge in [0.25, 0.3) is 15.9 Å². The summed E-state index contributed by atoms with van der Waals surface area (Å²) in [6.07, 6.45) is 2.96. The van der Waals surface area contributed by atoms with Crippen LogP contribution < -0.4 is 10.0 Å². The Bertz CT molecular complexity index is 1140. The first-order valence-corrected chi connectivity index (χ1v) is 9.99. The molecule has 0 atom stereocenters. The Kier molecular flexibility index (Phi) is 5.83. The van der Waals surface area contributed by atoms with Gasteiger partial charge in [-0.25, -0.2) is 12.8 Å². The van der Waals surface area contributed by atoms with Gasteiger partial charge in [0.1, 0.15) is 10.7 Å². The Morgan fingerprint density at radius 1 is 1.00 bits per heavy atom. The number of hydrogen-bond donors (Lipinski definition) is 2. The van der Waals surface area contributed by atoms with E-state index in [1.807, 2.05) is 0 Å². The third-order valence-electron chi connectivity index (χ3n) is 3.61. The maximum absolute atomic E-state index is 13.8. The normalized spacial score (nSPS) is 11.1. The van der Waals surface area contributed by atoms with E-state index < -0.39 is 26.6 Å². The molecule has 2 aromatic carbocycles. The number of anilines is 2. The van der Waals surface area contributed by atoms with E-state index in [1.54, 1.807) is 12.1 Å². The molecule has 3 rings (SSSR count). The van der Waals surface area contributed by atoms with Crippen molar-refractivity contribution < 1.29 is 17.6 Å². The Labute approximate surface area is 170 Å². The molecular weight excluding hydrogens is 428 g/mol. The molecule has 0 radical (unpaired) electrons. The number of para-hydroxylation sites is 1. The van der Waals surface area contributed by atoms with Gasteiger partial charge in [-0.3, -0.25) is 14.5 Å². The van der Waals surface area contributed by atoms with Crippen LogP contribution in [0.25, 0.3) is 0 Å². The molecular formula is C18H12Cl2FN3O3S. The van der Waals surface area contributed by atoms with Crippen molar-refractivity contribution in [3.8, 4) is 0 Å². The maximum atomic E-state index is 13.8. The van der Waals surface area contributed by atoms with E-state index in [4.69, 9.17) is 23.2 Å². The van der Waals surface area contributed by atoms with Crippen molar-refractivity contribution in [1.82, 2.24) is 4.98 Å². The second kappa shape index (κ2) is 8.14. The van der Waals surface area contributed by atoms with E-state index in [-0.39, 0.29) is 21.3 Å². The Hall–Kier alpha value is -2.68. The summed E-state index contributed by atoms with van der Waals surface area (Å²) < 4.78 is 41.3. The minimum absolute atomic E-state index is 0.0404. The van der Waals surface area contributed by atoms with Gasteiger partial charge in [-0.1, -0.05) is 35.3 Å². The fourth-order valence-corrected chi connectivity index (χ4v) is 4.21. The second-order valence-corrected chi connectivity index (χ2v) is 8.00. The highest BCUT2D eigenvalue weighted by atomic mass is 35.5. The van der Waals surface area contributed by atoms with E-state index >= 15 is 0 Å². The Morgan fingerprint density at radius 2 is 1.68 bits per heavy atom. The number of benzene rings is 2. The molecule has 3 aromatic rings. The molecule has 144 valence electrons. The van der Waals surface area contributed by atoms with E-state index in [0.717, 1.165) is 18.2 Å². The molecule has 0 spiro atoms. The molecule has 1 amide bonds. The zero-order chi connectivity index (χ0) is 20.3. The van der Waals surface area contributed by atoms with Crippen LogP contribution in [-0.4, -0.2) is 19.3 Å². The maximum Gasteiger partial charge on any atom is 0.263 e. The molecule has 0 unspecified atom stereocenters. The monoisotopic (exact) mass is 439 g/mol. The number of nitrogens with zero attached hydrogens (tertiary/aromatic N) is 1. The Balaban J connectivity index is 1.97. The van der Waals surface area contributed by atoms with Crippen molar-refractivity contribution in [2.24, 2.45) is 0 Å². The van der Waals surface area contributed by atoms with Crippen LogP contribution in [-0.2, 0) is 10.0 Å². The molecule has 0 aliphatic carbocycles. The molecule has 28 heavy (non-hydrogen) atoms. The summed E-state index contributed by atoms with van der Waals surface area (Å²) in [5.74, 6) is -1.40. The third kappa shape index (κ3) is 4.41. The second-order valence-electron chi connectivity index (χ2n) is 5.54. The summed E-state index contributed by atoms with van der Waals surface area (Å²) in [6, 6.07) is 10.5. The number of carbonyl (C=O) groups excluding carboxylic acids is 1. The van der Waals surface area contributed by atoms with E-state index in [2.05, 4.69) is 15.0 Å². The van der Waals surface area contributed by atoms with E-state index in [1.165, 1.54) is 30.6 Å². The molecule has 0 bridgehead atoms. The summed E-state index contributed by atoms with van der Waals surface area (Å²) >= 11 is 12.1. The smallest absolute Gasteiger partial charge is 0.263 e. The van der Waals surface area contributed by atoms with Crippen molar-refractivity contribution >= 4 is 50.5 Å². The highest BCUT2D eigenvalue weighted by molar-refractivity contribution is 7.92. The van der Waals surface area contributed by atoms with Gasteiger partial charge in [0, 0.05) is 18.1 Å². The van der Waals surface area contributed by atoms with Crippen molar-refractivity contribution in [3.05, 3.63) is 82.4 Å². The van der Waals surface area contributed by atoms with Crippen molar-refractivity contribution in [1.29, 1.82) is 0 Å². The zero-order valence-corrected chi connectivity index (χ0v) is 16.3. The molecule has 1 aromatic heterocycles. The number of amides is 1. The number of nitrogens with one attached hydrogen (secondary N) is 2. The van der Waals surface area contributed by atoms with Gasteiger partial charge in [-0.15, -0.1) is 0 Å². The van der Waals surface area contributed by atoms with Crippen LogP contribution in [0.2, 0.25) is 10.0 Å². The van der Waals surface area contributed by atoms with E-state index in [9.17, 15) is 17.6 Å². The lowest BCUT2D eigenvalue weighted by Crippen LogP contribution is -2.17. The lowest BCUT2D eigenvalue weighted by molar-refractivity contribution is 0.102. The largest absolute Gasteiger partial charge is 0.322 e. The van der Waals surface area contributed by atoms with Gasteiger partial charge in [0.15, 0.2) is 0 Å². The average molecular weight is 440 g/mol. The molecule has 6 nitrogen and oxygen atoms in total. The third-order valence-corrected chi connectivity index (χ3v) is 5.75. The number of sulfonamides is 1. The average Bonchev–Trinajstić information content (AvgIpc) is 2.64. The number of carbonyl (C=O) groups is 1. The summed E-state index contributed by atoms with van der Waals surface area (Å²) in [7, 11) is -4.28. The quantitative estimate of drug-likeness (QED) is 0.608. The van der Waals surface area contributed by atoms with Gasteiger partial charge in [0.2, 0.25) is 0 Å². The van der Waals surface area contributed by atoms with Crippen LogP contribution in [0.5, 0.6) is 0 Å². The number of pyridine rings is 1. The van der Waals surface area contributed by atoms with Gasteiger partial charge >= 0.3 is 0 Å². The van der Waals surface area contributed by atoms with Crippen molar-refractivity contribution in [3.63, 3.8) is 0 Å². The van der Waals surface area contributed by atoms with Crippen molar-refractivity contribution in [2.45, 2.75) is 4.90 Å². The number of rotatable bonds is 5. The molecule has 0 aliphatic rings. The SMILES string of the molecule is O=C(Nc1ccncc1)c1cc(S(=O)(=O)Nc2ccccc2F)c(Cl)cc1Cl. The summed E-state index contributed by atoms with van der Waals surface area (Å²) in [4.78, 5) is 15.9. The van der Waals surface area contributed by atoms with Crippen molar-refractivity contribution in [2.75, 3.05) is 10.0 Å². The molecule has 10 heteroatoms. The Morgan fingerprint density at radius 3 is 2.36 bits per heavy atom. The molecule has 2 N–H and O–H groups in total. The highest BCUT2D eigenvalue weighted by Crippen LogP contribution is 2.31. The minimum atomic E-state index is -4.28. The first-order chi connectivity index (χ1) is 13.3. The molecule has 0 fully saturated rings. The standard InChI is InChI=1S/C18H12Cl2FN3O3S/c19-13-10-14(20)17(28(26,27)24-16-4-2-1-3-15(16)21)9-12(13)18(25)23-11-5-7-22-8-6-11/h1-10,24H,(H,22,23,25).